The average Bonchev–Trinajstić information content (AvgIpc) is 2.37. The predicted molar refractivity (Wildman–Crippen MR) is 43.6 cm³/mol. The molecule has 1 N–H and O–H groups in total. The smallest absolute Gasteiger partial charge is 0.121 e. The maximum Gasteiger partial charge on any atom is 0.121 e. The van der Waals surface area contributed by atoms with Crippen LogP contribution in [0, 0.1) is 0 Å². The molecule has 1 aromatic rings. The lowest BCUT2D eigenvalue weighted by Crippen LogP contribution is -2.25. The molecule has 62 valence electrons. The normalized spacial score (nSPS) is 16.3. The monoisotopic (exact) mass is 173 g/mol. The van der Waals surface area contributed by atoms with E-state index in [-0.39, 0.29) is 0 Å². The first-order chi connectivity index (χ1) is 5.17. The van der Waals surface area contributed by atoms with Crippen molar-refractivity contribution in [1.29, 1.82) is 0 Å². The molecule has 4 heteroatoms. The van der Waals surface area contributed by atoms with Gasteiger partial charge >= 0.3 is 0 Å². The van der Waals surface area contributed by atoms with Crippen LogP contribution in [0.4, 0.5) is 0 Å². The lowest BCUT2D eigenvalue weighted by molar-refractivity contribution is -0.0180. The molecule has 1 aromatic heterocycles. The van der Waals surface area contributed by atoms with Gasteiger partial charge in [0.05, 0.1) is 11.5 Å². The van der Waals surface area contributed by atoms with Crippen LogP contribution in [0.3, 0.4) is 0 Å². The summed E-state index contributed by atoms with van der Waals surface area (Å²) in [7, 11) is 1.56. The van der Waals surface area contributed by atoms with Crippen LogP contribution in [-0.2, 0) is 10.3 Å². The number of ether oxygens (including phenoxy) is 1. The summed E-state index contributed by atoms with van der Waals surface area (Å²) in [6, 6.07) is 1.80. The van der Waals surface area contributed by atoms with E-state index in [4.69, 9.17) is 4.74 Å². The molecule has 0 saturated carbocycles. The second kappa shape index (κ2) is 3.30. The number of aliphatic hydroxyl groups is 1. The highest BCUT2D eigenvalue weighted by molar-refractivity contribution is 7.05. The largest absolute Gasteiger partial charge is 0.382 e. The minimum atomic E-state index is -0.893. The number of hydrogen-bond donors (Lipinski definition) is 1. The zero-order chi connectivity index (χ0) is 8.32. The first kappa shape index (κ1) is 8.64. The van der Waals surface area contributed by atoms with Crippen molar-refractivity contribution in [3.63, 3.8) is 0 Å². The molecule has 0 radical (unpaired) electrons. The molecule has 3 nitrogen and oxygen atoms in total. The summed E-state index contributed by atoms with van der Waals surface area (Å²) >= 11 is 1.29. The molecular weight excluding hydrogens is 162 g/mol. The van der Waals surface area contributed by atoms with Crippen molar-refractivity contribution in [2.24, 2.45) is 0 Å². The molecule has 11 heavy (non-hydrogen) atoms. The van der Waals surface area contributed by atoms with Crippen LogP contribution in [0.25, 0.3) is 0 Å². The van der Waals surface area contributed by atoms with E-state index in [1.165, 1.54) is 11.5 Å². The fourth-order valence-corrected chi connectivity index (χ4v) is 1.46. The summed E-state index contributed by atoms with van der Waals surface area (Å²) in [5, 5.41) is 9.72. The molecule has 0 aliphatic heterocycles. The molecular formula is C7H11NO2S. The third kappa shape index (κ3) is 1.99. The summed E-state index contributed by atoms with van der Waals surface area (Å²) < 4.78 is 8.76. The van der Waals surface area contributed by atoms with E-state index in [0.717, 1.165) is 4.88 Å². The van der Waals surface area contributed by atoms with Crippen LogP contribution in [0.1, 0.15) is 11.8 Å². The highest BCUT2D eigenvalue weighted by Crippen LogP contribution is 2.23. The minimum Gasteiger partial charge on any atom is -0.382 e. The molecule has 1 rings (SSSR count). The van der Waals surface area contributed by atoms with E-state index < -0.39 is 5.60 Å². The van der Waals surface area contributed by atoms with Crippen molar-refractivity contribution in [3.8, 4) is 0 Å². The number of aromatic nitrogens is 1. The Bertz CT molecular complexity index is 208. The fourth-order valence-electron chi connectivity index (χ4n) is 0.846. The third-order valence-electron chi connectivity index (χ3n) is 1.39. The lowest BCUT2D eigenvalue weighted by Gasteiger charge is -2.19. The fraction of sp³-hybridized carbons (Fsp3) is 0.571. The van der Waals surface area contributed by atoms with Crippen molar-refractivity contribution in [3.05, 3.63) is 17.1 Å². The van der Waals surface area contributed by atoms with Crippen LogP contribution in [0.2, 0.25) is 0 Å². The summed E-state index contributed by atoms with van der Waals surface area (Å²) in [6.07, 6.45) is 1.67. The van der Waals surface area contributed by atoms with Gasteiger partial charge in [-0.25, -0.2) is 4.37 Å². The second-order valence-corrected chi connectivity index (χ2v) is 3.42. The SMILES string of the molecule is COCC(C)(O)c1ccns1. The zero-order valence-corrected chi connectivity index (χ0v) is 7.39. The number of hydrogen-bond acceptors (Lipinski definition) is 4. The Hall–Kier alpha value is -0.450. The van der Waals surface area contributed by atoms with E-state index in [2.05, 4.69) is 4.37 Å². The Morgan fingerprint density at radius 1 is 1.82 bits per heavy atom. The molecule has 0 amide bonds. The van der Waals surface area contributed by atoms with Gasteiger partial charge in [-0.1, -0.05) is 0 Å². The number of nitrogens with zero attached hydrogens (tertiary/aromatic N) is 1. The van der Waals surface area contributed by atoms with Gasteiger partial charge in [-0.3, -0.25) is 0 Å². The van der Waals surface area contributed by atoms with Gasteiger partial charge < -0.3 is 9.84 Å². The van der Waals surface area contributed by atoms with Crippen molar-refractivity contribution in [2.45, 2.75) is 12.5 Å². The topological polar surface area (TPSA) is 42.4 Å². The van der Waals surface area contributed by atoms with Gasteiger partial charge in [0, 0.05) is 13.3 Å². The van der Waals surface area contributed by atoms with E-state index in [1.807, 2.05) is 0 Å². The van der Waals surface area contributed by atoms with Crippen LogP contribution in [-0.4, -0.2) is 23.2 Å². The molecule has 0 aromatic carbocycles. The Morgan fingerprint density at radius 2 is 2.55 bits per heavy atom. The predicted octanol–water partition coefficient (Wildman–Crippen LogP) is 0.997. The van der Waals surface area contributed by atoms with Gasteiger partial charge in [0.15, 0.2) is 0 Å². The molecule has 0 bridgehead atoms. The van der Waals surface area contributed by atoms with Crippen molar-refractivity contribution in [2.75, 3.05) is 13.7 Å². The molecule has 0 spiro atoms. The zero-order valence-electron chi connectivity index (χ0n) is 6.57. The minimum absolute atomic E-state index is 0.301. The third-order valence-corrected chi connectivity index (χ3v) is 2.39. The Morgan fingerprint density at radius 3 is 3.00 bits per heavy atom. The van der Waals surface area contributed by atoms with E-state index in [0.29, 0.717) is 6.61 Å². The molecule has 1 unspecified atom stereocenters. The first-order valence-corrected chi connectivity index (χ1v) is 4.06. The second-order valence-electron chi connectivity index (χ2n) is 2.58. The van der Waals surface area contributed by atoms with Gasteiger partial charge in [0.2, 0.25) is 0 Å². The van der Waals surface area contributed by atoms with E-state index in [1.54, 1.807) is 26.3 Å². The lowest BCUT2D eigenvalue weighted by atomic mass is 10.1. The summed E-state index contributed by atoms with van der Waals surface area (Å²) in [4.78, 5) is 0.833. The maximum atomic E-state index is 9.72. The summed E-state index contributed by atoms with van der Waals surface area (Å²) in [6.45, 7) is 2.01. The molecule has 0 aliphatic rings. The van der Waals surface area contributed by atoms with Crippen LogP contribution in [0.15, 0.2) is 12.3 Å². The van der Waals surface area contributed by atoms with E-state index in [9.17, 15) is 5.11 Å². The summed E-state index contributed by atoms with van der Waals surface area (Å²) in [5.41, 5.74) is -0.893. The molecule has 0 saturated heterocycles. The molecule has 1 heterocycles. The summed E-state index contributed by atoms with van der Waals surface area (Å²) in [5.74, 6) is 0. The Kier molecular flexibility index (Phi) is 2.59. The van der Waals surface area contributed by atoms with Crippen molar-refractivity contribution in [1.82, 2.24) is 4.37 Å². The van der Waals surface area contributed by atoms with Crippen LogP contribution < -0.4 is 0 Å². The number of rotatable bonds is 3. The van der Waals surface area contributed by atoms with Gasteiger partial charge in [-0.05, 0) is 24.5 Å². The van der Waals surface area contributed by atoms with Gasteiger partial charge in [-0.2, -0.15) is 0 Å². The molecule has 0 aliphatic carbocycles. The van der Waals surface area contributed by atoms with Gasteiger partial charge in [-0.15, -0.1) is 0 Å². The molecule has 0 fully saturated rings. The van der Waals surface area contributed by atoms with Crippen molar-refractivity contribution < 1.29 is 9.84 Å². The van der Waals surface area contributed by atoms with Crippen LogP contribution in [0.5, 0.6) is 0 Å². The van der Waals surface area contributed by atoms with Gasteiger partial charge in [0.25, 0.3) is 0 Å². The van der Waals surface area contributed by atoms with E-state index >= 15 is 0 Å². The highest BCUT2D eigenvalue weighted by atomic mass is 32.1. The quantitative estimate of drug-likeness (QED) is 0.741. The van der Waals surface area contributed by atoms with Crippen LogP contribution >= 0.6 is 11.5 Å². The van der Waals surface area contributed by atoms with Gasteiger partial charge in [0.1, 0.15) is 5.60 Å². The standard InChI is InChI=1S/C7H11NO2S/c1-7(9,5-10-2)6-3-4-8-11-6/h3-4,9H,5H2,1-2H3. The first-order valence-electron chi connectivity index (χ1n) is 3.29. The average molecular weight is 173 g/mol. The highest BCUT2D eigenvalue weighted by Gasteiger charge is 2.24. The Balaban J connectivity index is 2.73. The molecule has 1 atom stereocenters. The Labute approximate surface area is 69.8 Å². The number of methoxy groups -OCH3 is 1. The maximum absolute atomic E-state index is 9.72. The van der Waals surface area contributed by atoms with Crippen molar-refractivity contribution >= 4 is 11.5 Å².